The average Bonchev–Trinajstić information content (AvgIpc) is 2.96. The van der Waals surface area contributed by atoms with Gasteiger partial charge in [-0.15, -0.1) is 0 Å². The lowest BCUT2D eigenvalue weighted by Gasteiger charge is -2.31. The molecule has 1 fully saturated rings. The van der Waals surface area contributed by atoms with Crippen LogP contribution in [0.1, 0.15) is 11.7 Å². The highest BCUT2D eigenvalue weighted by Crippen LogP contribution is 2.29. The van der Waals surface area contributed by atoms with Crippen molar-refractivity contribution in [2.75, 3.05) is 19.7 Å². The van der Waals surface area contributed by atoms with Crippen molar-refractivity contribution in [3.8, 4) is 0 Å². The fourth-order valence-electron chi connectivity index (χ4n) is 2.47. The van der Waals surface area contributed by atoms with Crippen LogP contribution < -0.4 is 0 Å². The van der Waals surface area contributed by atoms with Gasteiger partial charge in [0.2, 0.25) is 10.0 Å². The second-order valence-electron chi connectivity index (χ2n) is 5.24. The zero-order valence-electron chi connectivity index (χ0n) is 12.3. The summed E-state index contributed by atoms with van der Waals surface area (Å²) in [6.07, 6.45) is 2.99. The van der Waals surface area contributed by atoms with Crippen LogP contribution in [-0.2, 0) is 21.8 Å². The molecule has 1 aliphatic heterocycles. The van der Waals surface area contributed by atoms with Gasteiger partial charge >= 0.3 is 0 Å². The maximum Gasteiger partial charge on any atom is 0.244 e. The summed E-state index contributed by atoms with van der Waals surface area (Å²) in [5.41, 5.74) is 0.790. The number of hydrogen-bond acceptors (Lipinski definition) is 4. The molecule has 1 atom stereocenters. The van der Waals surface area contributed by atoms with E-state index in [1.807, 2.05) is 0 Å². The summed E-state index contributed by atoms with van der Waals surface area (Å²) >= 11 is 5.94. The minimum atomic E-state index is -3.90. The van der Waals surface area contributed by atoms with Crippen LogP contribution in [-0.4, -0.2) is 42.2 Å². The molecule has 1 saturated heterocycles. The number of hydrogen-bond donors (Lipinski definition) is 0. The molecule has 0 radical (unpaired) electrons. The molecule has 2 heterocycles. The normalized spacial score (nSPS) is 19.9. The Balaban J connectivity index is 1.89. The molecule has 0 N–H and O–H groups in total. The highest BCUT2D eigenvalue weighted by atomic mass is 35.5. The van der Waals surface area contributed by atoms with Gasteiger partial charge in [-0.25, -0.2) is 12.8 Å². The predicted molar refractivity (Wildman–Crippen MR) is 82.1 cm³/mol. The van der Waals surface area contributed by atoms with Gasteiger partial charge in [-0.2, -0.15) is 9.40 Å². The first-order valence-electron chi connectivity index (χ1n) is 6.93. The second-order valence-corrected chi connectivity index (χ2v) is 7.56. The van der Waals surface area contributed by atoms with E-state index in [9.17, 15) is 12.8 Å². The predicted octanol–water partition coefficient (Wildman–Crippen LogP) is 1.97. The number of benzene rings is 1. The van der Waals surface area contributed by atoms with Crippen molar-refractivity contribution in [2.24, 2.45) is 7.05 Å². The van der Waals surface area contributed by atoms with Gasteiger partial charge in [0.1, 0.15) is 10.7 Å². The molecule has 0 amide bonds. The minimum absolute atomic E-state index is 0.00387. The van der Waals surface area contributed by atoms with Crippen LogP contribution in [0.2, 0.25) is 5.02 Å². The minimum Gasteiger partial charge on any atom is -0.371 e. The maximum absolute atomic E-state index is 13.4. The Hall–Kier alpha value is -1.48. The third-order valence-electron chi connectivity index (χ3n) is 3.64. The molecule has 9 heteroatoms. The van der Waals surface area contributed by atoms with Crippen LogP contribution in [0.15, 0.2) is 35.5 Å². The summed E-state index contributed by atoms with van der Waals surface area (Å²) in [5, 5.41) is 4.06. The van der Waals surface area contributed by atoms with Gasteiger partial charge in [0, 0.05) is 31.9 Å². The number of aryl methyl sites for hydroxylation is 1. The van der Waals surface area contributed by atoms with E-state index < -0.39 is 21.9 Å². The summed E-state index contributed by atoms with van der Waals surface area (Å²) in [6.45, 7) is 0.554. The highest BCUT2D eigenvalue weighted by Gasteiger charge is 2.33. The lowest BCUT2D eigenvalue weighted by Crippen LogP contribution is -2.42. The van der Waals surface area contributed by atoms with Gasteiger partial charge in [-0.3, -0.25) is 4.68 Å². The molecule has 0 spiro atoms. The van der Waals surface area contributed by atoms with Crippen molar-refractivity contribution in [1.82, 2.24) is 14.1 Å². The van der Waals surface area contributed by atoms with Crippen molar-refractivity contribution in [2.45, 2.75) is 11.0 Å². The monoisotopic (exact) mass is 359 g/mol. The van der Waals surface area contributed by atoms with Gasteiger partial charge in [0.15, 0.2) is 0 Å². The zero-order valence-corrected chi connectivity index (χ0v) is 13.9. The van der Waals surface area contributed by atoms with E-state index in [0.29, 0.717) is 0 Å². The van der Waals surface area contributed by atoms with Gasteiger partial charge in [0.25, 0.3) is 0 Å². The van der Waals surface area contributed by atoms with E-state index in [2.05, 4.69) is 5.10 Å². The third-order valence-corrected chi connectivity index (χ3v) is 5.98. The van der Waals surface area contributed by atoms with Crippen molar-refractivity contribution < 1.29 is 17.5 Å². The van der Waals surface area contributed by atoms with Crippen LogP contribution in [0.25, 0.3) is 0 Å². The molecule has 23 heavy (non-hydrogen) atoms. The number of halogens is 2. The number of aromatic nitrogens is 2. The molecule has 3 rings (SSSR count). The summed E-state index contributed by atoms with van der Waals surface area (Å²) in [4.78, 5) is -0.231. The summed E-state index contributed by atoms with van der Waals surface area (Å²) in [6, 6.07) is 3.30. The lowest BCUT2D eigenvalue weighted by molar-refractivity contribution is -0.00259. The Labute approximate surface area is 138 Å². The Bertz CT molecular complexity index is 824. The van der Waals surface area contributed by atoms with Crippen LogP contribution in [0.3, 0.4) is 0 Å². The molecule has 124 valence electrons. The number of morpholine rings is 1. The fourth-order valence-corrected chi connectivity index (χ4v) is 4.38. The van der Waals surface area contributed by atoms with Crippen molar-refractivity contribution in [3.05, 3.63) is 47.0 Å². The van der Waals surface area contributed by atoms with Crippen molar-refractivity contribution in [3.63, 3.8) is 0 Å². The van der Waals surface area contributed by atoms with Crippen LogP contribution >= 0.6 is 11.6 Å². The molecular formula is C14H15ClFN3O3S. The molecule has 0 aliphatic carbocycles. The van der Waals surface area contributed by atoms with E-state index in [1.54, 1.807) is 24.1 Å². The number of ether oxygens (including phenoxy) is 1. The smallest absolute Gasteiger partial charge is 0.244 e. The number of rotatable bonds is 3. The first-order valence-corrected chi connectivity index (χ1v) is 8.75. The topological polar surface area (TPSA) is 64.4 Å². The van der Waals surface area contributed by atoms with Gasteiger partial charge in [-0.1, -0.05) is 11.6 Å². The first kappa shape index (κ1) is 16.4. The van der Waals surface area contributed by atoms with Gasteiger partial charge < -0.3 is 4.74 Å². The molecule has 0 saturated carbocycles. The summed E-state index contributed by atoms with van der Waals surface area (Å²) in [7, 11) is -2.12. The van der Waals surface area contributed by atoms with Crippen molar-refractivity contribution >= 4 is 21.6 Å². The number of nitrogens with zero attached hydrogens (tertiary/aromatic N) is 3. The molecular weight excluding hydrogens is 345 g/mol. The van der Waals surface area contributed by atoms with Gasteiger partial charge in [-0.05, 0) is 18.2 Å². The standard InChI is InChI=1S/C14H15ClFN3O3S/c1-18-8-10(7-17-18)13-9-19(4-5-22-13)23(20,21)14-6-11(16)2-3-12(14)15/h2-3,6-8,13H,4-5,9H2,1H3/t13-/m1/s1. The maximum atomic E-state index is 13.4. The van der Waals surface area contributed by atoms with E-state index >= 15 is 0 Å². The quantitative estimate of drug-likeness (QED) is 0.840. The molecule has 0 bridgehead atoms. The van der Waals surface area contributed by atoms with Crippen LogP contribution in [0, 0.1) is 5.82 Å². The second kappa shape index (κ2) is 6.20. The third kappa shape index (κ3) is 3.25. The fraction of sp³-hybridized carbons (Fsp3) is 0.357. The van der Waals surface area contributed by atoms with Crippen LogP contribution in [0.5, 0.6) is 0 Å². The Morgan fingerprint density at radius 3 is 2.91 bits per heavy atom. The Kier molecular flexibility index (Phi) is 4.41. The number of sulfonamides is 1. The Morgan fingerprint density at radius 2 is 2.22 bits per heavy atom. The SMILES string of the molecule is Cn1cc([C@H]2CN(S(=O)(=O)c3cc(F)ccc3Cl)CCO2)cn1. The molecule has 6 nitrogen and oxygen atoms in total. The largest absolute Gasteiger partial charge is 0.371 e. The first-order chi connectivity index (χ1) is 10.9. The van der Waals surface area contributed by atoms with Crippen LogP contribution in [0.4, 0.5) is 4.39 Å². The summed E-state index contributed by atoms with van der Waals surface area (Å²) in [5.74, 6) is -0.648. The average molecular weight is 360 g/mol. The van der Waals surface area contributed by atoms with E-state index in [-0.39, 0.29) is 29.6 Å². The van der Waals surface area contributed by atoms with Gasteiger partial charge in [0.05, 0.1) is 23.9 Å². The lowest BCUT2D eigenvalue weighted by atomic mass is 10.2. The molecule has 1 aromatic heterocycles. The summed E-state index contributed by atoms with van der Waals surface area (Å²) < 4.78 is 47.4. The molecule has 1 aromatic carbocycles. The Morgan fingerprint density at radius 1 is 1.43 bits per heavy atom. The zero-order chi connectivity index (χ0) is 16.6. The van der Waals surface area contributed by atoms with Crippen molar-refractivity contribution in [1.29, 1.82) is 0 Å². The highest BCUT2D eigenvalue weighted by molar-refractivity contribution is 7.89. The van der Waals surface area contributed by atoms with E-state index in [0.717, 1.165) is 17.7 Å². The van der Waals surface area contributed by atoms with E-state index in [1.165, 1.54) is 10.4 Å². The molecule has 1 aliphatic rings. The van der Waals surface area contributed by atoms with E-state index in [4.69, 9.17) is 16.3 Å². The molecule has 2 aromatic rings. The molecule has 0 unspecified atom stereocenters.